The molecule has 0 spiro atoms. The van der Waals surface area contributed by atoms with E-state index in [0.717, 1.165) is 10.2 Å². The Kier molecular flexibility index (Phi) is 6.75. The highest BCUT2D eigenvalue weighted by Crippen LogP contribution is 2.32. The average molecular weight is 332 g/mol. The van der Waals surface area contributed by atoms with Crippen molar-refractivity contribution < 1.29 is 9.53 Å². The van der Waals surface area contributed by atoms with Crippen molar-refractivity contribution in [2.24, 2.45) is 5.73 Å². The second-order valence-electron chi connectivity index (χ2n) is 4.03. The van der Waals surface area contributed by atoms with E-state index in [1.807, 2.05) is 19.1 Å². The van der Waals surface area contributed by atoms with Crippen LogP contribution in [0.1, 0.15) is 24.2 Å². The first-order valence-electron chi connectivity index (χ1n) is 5.74. The van der Waals surface area contributed by atoms with Gasteiger partial charge in [0, 0.05) is 21.5 Å². The minimum Gasteiger partial charge on any atom is -0.469 e. The molecule has 0 saturated carbocycles. The molecule has 0 aromatic heterocycles. The van der Waals surface area contributed by atoms with Crippen LogP contribution in [0.2, 0.25) is 0 Å². The number of rotatable bonds is 6. The van der Waals surface area contributed by atoms with Crippen LogP contribution in [0.25, 0.3) is 0 Å². The number of methoxy groups -OCH3 is 1. The van der Waals surface area contributed by atoms with Gasteiger partial charge in [-0.3, -0.25) is 4.79 Å². The number of hydrogen-bond donors (Lipinski definition) is 1. The van der Waals surface area contributed by atoms with E-state index in [1.54, 1.807) is 11.8 Å². The molecule has 0 amide bonds. The predicted octanol–water partition coefficient (Wildman–Crippen LogP) is 3.13. The van der Waals surface area contributed by atoms with Gasteiger partial charge in [0.15, 0.2) is 0 Å². The summed E-state index contributed by atoms with van der Waals surface area (Å²) >= 11 is 5.10. The molecule has 0 radical (unpaired) electrons. The molecular formula is C13H18BrNO2S. The van der Waals surface area contributed by atoms with Crippen LogP contribution >= 0.6 is 27.7 Å². The van der Waals surface area contributed by atoms with Gasteiger partial charge in [-0.1, -0.05) is 28.1 Å². The maximum absolute atomic E-state index is 11.1. The highest BCUT2D eigenvalue weighted by Gasteiger charge is 2.17. The van der Waals surface area contributed by atoms with Crippen LogP contribution in [-0.2, 0) is 9.53 Å². The van der Waals surface area contributed by atoms with Crippen molar-refractivity contribution in [1.82, 2.24) is 0 Å². The number of nitrogens with two attached hydrogens (primary N) is 1. The van der Waals surface area contributed by atoms with Gasteiger partial charge >= 0.3 is 5.97 Å². The lowest BCUT2D eigenvalue weighted by Gasteiger charge is -2.20. The summed E-state index contributed by atoms with van der Waals surface area (Å²) in [6.45, 7) is 1.98. The number of hydrogen-bond acceptors (Lipinski definition) is 4. The zero-order chi connectivity index (χ0) is 13.5. The highest BCUT2D eigenvalue weighted by molar-refractivity contribution is 9.10. The first kappa shape index (κ1) is 15.5. The number of benzene rings is 1. The fourth-order valence-electron chi connectivity index (χ4n) is 1.58. The summed E-state index contributed by atoms with van der Waals surface area (Å²) in [6, 6.07) is 8.16. The Labute approximate surface area is 121 Å². The SMILES string of the molecule is COC(=O)CCSC(c1ccc(Br)cc1)C(C)N. The Hall–Kier alpha value is -0.520. The largest absolute Gasteiger partial charge is 0.469 e. The fraction of sp³-hybridized carbons (Fsp3) is 0.462. The zero-order valence-electron chi connectivity index (χ0n) is 10.6. The maximum atomic E-state index is 11.1. The molecule has 18 heavy (non-hydrogen) atoms. The van der Waals surface area contributed by atoms with Crippen LogP contribution in [-0.4, -0.2) is 24.9 Å². The van der Waals surface area contributed by atoms with E-state index >= 15 is 0 Å². The quantitative estimate of drug-likeness (QED) is 0.813. The summed E-state index contributed by atoms with van der Waals surface area (Å²) < 4.78 is 5.67. The topological polar surface area (TPSA) is 52.3 Å². The van der Waals surface area contributed by atoms with Crippen LogP contribution in [0, 0.1) is 0 Å². The van der Waals surface area contributed by atoms with Gasteiger partial charge in [0.1, 0.15) is 0 Å². The van der Waals surface area contributed by atoms with Gasteiger partial charge in [0.05, 0.1) is 13.5 Å². The molecule has 2 unspecified atom stereocenters. The second-order valence-corrected chi connectivity index (χ2v) is 6.19. The van der Waals surface area contributed by atoms with E-state index in [4.69, 9.17) is 5.73 Å². The van der Waals surface area contributed by atoms with Crippen LogP contribution in [0.5, 0.6) is 0 Å². The van der Waals surface area contributed by atoms with Crippen molar-refractivity contribution in [3.63, 3.8) is 0 Å². The number of halogens is 1. The lowest BCUT2D eigenvalue weighted by Crippen LogP contribution is -2.23. The second kappa shape index (κ2) is 7.81. The molecule has 2 atom stereocenters. The third kappa shape index (κ3) is 5.00. The predicted molar refractivity (Wildman–Crippen MR) is 79.6 cm³/mol. The molecule has 1 aromatic rings. The molecule has 100 valence electrons. The van der Waals surface area contributed by atoms with Crippen LogP contribution in [0.4, 0.5) is 0 Å². The molecule has 0 heterocycles. The van der Waals surface area contributed by atoms with Crippen molar-refractivity contribution in [2.75, 3.05) is 12.9 Å². The van der Waals surface area contributed by atoms with Crippen LogP contribution in [0.3, 0.4) is 0 Å². The first-order valence-corrected chi connectivity index (χ1v) is 7.58. The van der Waals surface area contributed by atoms with Gasteiger partial charge in [0.2, 0.25) is 0 Å². The lowest BCUT2D eigenvalue weighted by molar-refractivity contribution is -0.140. The third-order valence-electron chi connectivity index (χ3n) is 2.51. The smallest absolute Gasteiger partial charge is 0.306 e. The number of carbonyl (C=O) groups excluding carboxylic acids is 1. The molecule has 5 heteroatoms. The Bertz CT molecular complexity index is 381. The molecule has 0 aliphatic heterocycles. The summed E-state index contributed by atoms with van der Waals surface area (Å²) in [5.41, 5.74) is 7.19. The number of ether oxygens (including phenoxy) is 1. The van der Waals surface area contributed by atoms with Gasteiger partial charge < -0.3 is 10.5 Å². The van der Waals surface area contributed by atoms with Crippen molar-refractivity contribution >= 4 is 33.7 Å². The number of thioether (sulfide) groups is 1. The van der Waals surface area contributed by atoms with Gasteiger partial charge in [-0.25, -0.2) is 0 Å². The standard InChI is InChI=1S/C13H18BrNO2S/c1-9(15)13(18-8-7-12(16)17-2)10-3-5-11(14)6-4-10/h3-6,9,13H,7-8,15H2,1-2H3. The van der Waals surface area contributed by atoms with Crippen molar-refractivity contribution in [1.29, 1.82) is 0 Å². The first-order chi connectivity index (χ1) is 8.54. The summed E-state index contributed by atoms with van der Waals surface area (Å²) in [4.78, 5) is 11.1. The molecule has 1 rings (SSSR count). The molecule has 0 aliphatic carbocycles. The van der Waals surface area contributed by atoms with E-state index in [2.05, 4.69) is 32.8 Å². The minimum atomic E-state index is -0.179. The minimum absolute atomic E-state index is 0.0359. The Morgan fingerprint density at radius 1 is 1.44 bits per heavy atom. The molecule has 0 bridgehead atoms. The summed E-state index contributed by atoms with van der Waals surface area (Å²) in [5.74, 6) is 0.538. The normalized spacial score (nSPS) is 14.0. The average Bonchev–Trinajstić information content (AvgIpc) is 2.35. The van der Waals surface area contributed by atoms with Gasteiger partial charge in [-0.15, -0.1) is 0 Å². The molecule has 2 N–H and O–H groups in total. The van der Waals surface area contributed by atoms with E-state index in [0.29, 0.717) is 6.42 Å². The Morgan fingerprint density at radius 3 is 2.56 bits per heavy atom. The molecular weight excluding hydrogens is 314 g/mol. The van der Waals surface area contributed by atoms with Crippen molar-refractivity contribution in [2.45, 2.75) is 24.6 Å². The number of esters is 1. The monoisotopic (exact) mass is 331 g/mol. The number of carbonyl (C=O) groups is 1. The van der Waals surface area contributed by atoms with Crippen molar-refractivity contribution in [3.05, 3.63) is 34.3 Å². The van der Waals surface area contributed by atoms with Crippen LogP contribution < -0.4 is 5.73 Å². The van der Waals surface area contributed by atoms with Crippen LogP contribution in [0.15, 0.2) is 28.7 Å². The molecule has 0 saturated heterocycles. The molecule has 0 fully saturated rings. The van der Waals surface area contributed by atoms with Crippen molar-refractivity contribution in [3.8, 4) is 0 Å². The molecule has 0 aliphatic rings. The van der Waals surface area contributed by atoms with E-state index < -0.39 is 0 Å². The van der Waals surface area contributed by atoms with E-state index in [-0.39, 0.29) is 17.3 Å². The fourth-order valence-corrected chi connectivity index (χ4v) is 3.03. The molecule has 3 nitrogen and oxygen atoms in total. The lowest BCUT2D eigenvalue weighted by atomic mass is 10.1. The summed E-state index contributed by atoms with van der Waals surface area (Å²) in [7, 11) is 1.41. The van der Waals surface area contributed by atoms with Gasteiger partial charge in [0.25, 0.3) is 0 Å². The van der Waals surface area contributed by atoms with Gasteiger partial charge in [-0.05, 0) is 24.6 Å². The van der Waals surface area contributed by atoms with Gasteiger partial charge in [-0.2, -0.15) is 11.8 Å². The Morgan fingerprint density at radius 2 is 2.06 bits per heavy atom. The summed E-state index contributed by atoms with van der Waals surface area (Å²) in [6.07, 6.45) is 0.418. The highest BCUT2D eigenvalue weighted by atomic mass is 79.9. The third-order valence-corrected chi connectivity index (χ3v) is 4.54. The zero-order valence-corrected chi connectivity index (χ0v) is 13.0. The Balaban J connectivity index is 2.60. The maximum Gasteiger partial charge on any atom is 0.306 e. The van der Waals surface area contributed by atoms with E-state index in [9.17, 15) is 4.79 Å². The van der Waals surface area contributed by atoms with E-state index in [1.165, 1.54) is 12.7 Å². The molecule has 1 aromatic carbocycles. The summed E-state index contributed by atoms with van der Waals surface area (Å²) in [5, 5.41) is 0.197.